The Morgan fingerprint density at radius 3 is 0.471 bits per heavy atom. The summed E-state index contributed by atoms with van der Waals surface area (Å²) in [5.74, 6) is 0. The van der Waals surface area contributed by atoms with E-state index in [2.05, 4.69) is 0 Å². The van der Waals surface area contributed by atoms with Crippen LogP contribution in [0.3, 0.4) is 0 Å². The zero-order valence-electron chi connectivity index (χ0n) is 7.50. The van der Waals surface area contributed by atoms with Crippen molar-refractivity contribution < 1.29 is 83.6 Å². The van der Waals surface area contributed by atoms with Crippen molar-refractivity contribution >= 4 is 29.1 Å². The monoisotopic (exact) mass is 414 g/mol. The summed E-state index contributed by atoms with van der Waals surface area (Å²) < 4.78 is 38.3. The summed E-state index contributed by atoms with van der Waals surface area (Å²) in [4.78, 5) is 61.6. The maximum atomic E-state index is 9.58. The topological polar surface area (TPSA) is 230 Å². The molecule has 0 saturated carbocycles. The van der Waals surface area contributed by atoms with Crippen LogP contribution in [0.5, 0.6) is 0 Å². The van der Waals surface area contributed by atoms with Crippen LogP contribution in [-0.4, -0.2) is 39.1 Å². The van der Waals surface area contributed by atoms with Crippen molar-refractivity contribution in [2.75, 3.05) is 0 Å². The number of rotatable bonds is 2. The predicted octanol–water partition coefficient (Wildman–Crippen LogP) is -1.49. The number of hydrogen-bond acceptors (Lipinski definition) is 4. The van der Waals surface area contributed by atoms with Crippen molar-refractivity contribution in [3.05, 3.63) is 0 Å². The van der Waals surface area contributed by atoms with E-state index in [4.69, 9.17) is 39.1 Å². The van der Waals surface area contributed by atoms with Gasteiger partial charge in [0.05, 0.1) is 0 Å². The molecule has 104 valence electrons. The Morgan fingerprint density at radius 1 is 0.412 bits per heavy atom. The summed E-state index contributed by atoms with van der Waals surface area (Å²) in [5, 5.41) is 0. The van der Waals surface area contributed by atoms with E-state index in [1.165, 1.54) is 0 Å². The van der Waals surface area contributed by atoms with Gasteiger partial charge in [-0.1, -0.05) is 0 Å². The minimum Gasteiger partial charge on any atom is -0.316 e. The molecule has 0 atom stereocenters. The average Bonchev–Trinajstić information content (AvgIpc) is 1.77. The molecule has 0 fully saturated rings. The Kier molecular flexibility index (Phi) is 10.1. The first-order chi connectivity index (χ1) is 6.50. The summed E-state index contributed by atoms with van der Waals surface area (Å²) in [6.45, 7) is 0. The minimum atomic E-state index is -5.18. The van der Waals surface area contributed by atoms with Crippen LogP contribution in [0.25, 0.3) is 0 Å². The molecule has 0 rings (SSSR count). The van der Waals surface area contributed by atoms with Crippen molar-refractivity contribution in [1.82, 2.24) is 0 Å². The second-order valence-electron chi connectivity index (χ2n) is 2.05. The van der Waals surface area contributed by atoms with Gasteiger partial charge in [0.15, 0.2) is 0 Å². The molecule has 0 saturated heterocycles. The van der Waals surface area contributed by atoms with Crippen LogP contribution in [0.15, 0.2) is 0 Å². The maximum Gasteiger partial charge on any atom is 0.435 e. The van der Waals surface area contributed by atoms with E-state index in [1.54, 1.807) is 0 Å². The molecule has 0 unspecified atom stereocenters. The van der Waals surface area contributed by atoms with E-state index >= 15 is 0 Å². The maximum absolute atomic E-state index is 9.58. The van der Waals surface area contributed by atoms with Crippen molar-refractivity contribution in [3.63, 3.8) is 0 Å². The molecule has 0 aromatic heterocycles. The van der Waals surface area contributed by atoms with Gasteiger partial charge in [-0.2, -0.15) is 0 Å². The SMILES string of the molecule is O=P(O)(O)P(=O)(O)O.O=P(O)(O)P(=O)(O)O.[Zr]. The molecular weight excluding hydrogens is 407 g/mol. The first-order valence-corrected chi connectivity index (χ1v) is 10.6. The third kappa shape index (κ3) is 11.0. The molecule has 0 aromatic carbocycles. The molecular formula is H8O12P4Zr. The normalized spacial score (nSPS) is 13.2. The van der Waals surface area contributed by atoms with Crippen LogP contribution < -0.4 is 0 Å². The standard InChI is InChI=1S/2H4O6P2.Zr/c2*1-7(2,3)8(4,5)6;/h2*(H2,1,2,3)(H2,4,5,6);. The molecule has 17 heavy (non-hydrogen) atoms. The Bertz CT molecular complexity index is 316. The van der Waals surface area contributed by atoms with Gasteiger partial charge in [0.2, 0.25) is 0 Å². The van der Waals surface area contributed by atoms with Gasteiger partial charge in [0.1, 0.15) is 0 Å². The third-order valence-electron chi connectivity index (χ3n) is 0.679. The third-order valence-corrected chi connectivity index (χ3v) is 6.11. The van der Waals surface area contributed by atoms with Gasteiger partial charge < -0.3 is 39.1 Å². The molecule has 0 bridgehead atoms. The van der Waals surface area contributed by atoms with Crippen LogP contribution in [-0.2, 0) is 44.5 Å². The summed E-state index contributed by atoms with van der Waals surface area (Å²) in [5.41, 5.74) is 0. The molecule has 17 heteroatoms. The predicted molar refractivity (Wildman–Crippen MR) is 48.2 cm³/mol. The van der Waals surface area contributed by atoms with Gasteiger partial charge in [-0.3, -0.25) is 0 Å². The zero-order chi connectivity index (χ0) is 14.0. The van der Waals surface area contributed by atoms with Crippen molar-refractivity contribution in [3.8, 4) is 0 Å². The molecule has 12 nitrogen and oxygen atoms in total. The first-order valence-electron chi connectivity index (χ1n) is 2.73. The van der Waals surface area contributed by atoms with E-state index in [9.17, 15) is 18.3 Å². The van der Waals surface area contributed by atoms with E-state index in [-0.39, 0.29) is 26.2 Å². The summed E-state index contributed by atoms with van der Waals surface area (Å²) in [7, 11) is -20.7. The second kappa shape index (κ2) is 7.31. The fraction of sp³-hybridized carbons (Fsp3) is 0. The summed E-state index contributed by atoms with van der Waals surface area (Å²) >= 11 is 0. The van der Waals surface area contributed by atoms with E-state index in [0.717, 1.165) is 0 Å². The Hall–Kier alpha value is 1.48. The van der Waals surface area contributed by atoms with Gasteiger partial charge in [-0.05, 0) is 0 Å². The van der Waals surface area contributed by atoms with E-state index < -0.39 is 29.1 Å². The van der Waals surface area contributed by atoms with Crippen molar-refractivity contribution in [2.45, 2.75) is 0 Å². The fourth-order valence-corrected chi connectivity index (χ4v) is 0. The average molecular weight is 415 g/mol. The summed E-state index contributed by atoms with van der Waals surface area (Å²) in [6, 6.07) is 0. The smallest absolute Gasteiger partial charge is 0.316 e. The van der Waals surface area contributed by atoms with Crippen molar-refractivity contribution in [2.24, 2.45) is 0 Å². The van der Waals surface area contributed by atoms with Crippen LogP contribution in [0.1, 0.15) is 0 Å². The minimum absolute atomic E-state index is 0. The number of hydrogen-bond donors (Lipinski definition) is 8. The second-order valence-corrected chi connectivity index (χ2v) is 12.4. The molecule has 0 amide bonds. The van der Waals surface area contributed by atoms with Crippen LogP contribution in [0, 0.1) is 0 Å². The van der Waals surface area contributed by atoms with Gasteiger partial charge >= 0.3 is 29.1 Å². The molecule has 0 aromatic rings. The van der Waals surface area contributed by atoms with Crippen molar-refractivity contribution in [1.29, 1.82) is 0 Å². The van der Waals surface area contributed by atoms with Gasteiger partial charge in [0, 0.05) is 26.2 Å². The van der Waals surface area contributed by atoms with Gasteiger partial charge in [-0.15, -0.1) is 0 Å². The summed E-state index contributed by atoms with van der Waals surface area (Å²) in [6.07, 6.45) is 0. The first kappa shape index (κ1) is 23.6. The Labute approximate surface area is 113 Å². The zero-order valence-corrected chi connectivity index (χ0v) is 13.5. The van der Waals surface area contributed by atoms with Gasteiger partial charge in [-0.25, -0.2) is 18.3 Å². The molecule has 0 aliphatic heterocycles. The fourth-order valence-electron chi connectivity index (χ4n) is 0. The largest absolute Gasteiger partial charge is 0.435 e. The molecule has 0 aliphatic rings. The Morgan fingerprint density at radius 2 is 0.471 bits per heavy atom. The molecule has 0 radical (unpaired) electrons. The van der Waals surface area contributed by atoms with Gasteiger partial charge in [0.25, 0.3) is 0 Å². The molecule has 0 heterocycles. The molecule has 0 spiro atoms. The molecule has 8 N–H and O–H groups in total. The van der Waals surface area contributed by atoms with Crippen LogP contribution in [0.4, 0.5) is 0 Å². The van der Waals surface area contributed by atoms with E-state index in [0.29, 0.717) is 0 Å². The Balaban J connectivity index is -0.000000218. The van der Waals surface area contributed by atoms with Crippen LogP contribution >= 0.6 is 29.1 Å². The molecule has 0 aliphatic carbocycles. The quantitative estimate of drug-likeness (QED) is 0.241. The van der Waals surface area contributed by atoms with Crippen LogP contribution in [0.2, 0.25) is 0 Å². The van der Waals surface area contributed by atoms with E-state index in [1.807, 2.05) is 0 Å².